The zero-order valence-corrected chi connectivity index (χ0v) is 13.1. The predicted molar refractivity (Wildman–Crippen MR) is 85.3 cm³/mol. The molecule has 112 valence electrons. The molecule has 2 atom stereocenters. The van der Waals surface area contributed by atoms with E-state index in [0.29, 0.717) is 34.5 Å². The first-order valence-corrected chi connectivity index (χ1v) is 9.34. The molecule has 6 nitrogen and oxygen atoms in total. The molecule has 0 aromatic carbocycles. The molecule has 0 fully saturated rings. The summed E-state index contributed by atoms with van der Waals surface area (Å²) in [4.78, 5) is 20.4. The van der Waals surface area contributed by atoms with E-state index in [0.717, 1.165) is 0 Å². The lowest BCUT2D eigenvalue weighted by Crippen LogP contribution is -2.17. The molecule has 0 aliphatic carbocycles. The van der Waals surface area contributed by atoms with Gasteiger partial charge in [-0.25, -0.2) is 0 Å². The fraction of sp³-hybridized carbons (Fsp3) is 1.00. The second-order valence-corrected chi connectivity index (χ2v) is 7.05. The van der Waals surface area contributed by atoms with Gasteiger partial charge in [0.05, 0.1) is 19.3 Å². The summed E-state index contributed by atoms with van der Waals surface area (Å²) in [6, 6.07) is -0.277. The zero-order chi connectivity index (χ0) is 14.3. The lowest BCUT2D eigenvalue weighted by molar-refractivity contribution is 0.225. The number of thioether (sulfide) groups is 3. The Morgan fingerprint density at radius 2 is 1.58 bits per heavy atom. The standard InChI is InChI=1S/C10H20N2O4S3/c13-2-4-18-5-9(12-16)6-19-8-10(14)7-17-3-1-11-15/h9-10,13-14H,1-8H2. The number of hydrogen-bond donors (Lipinski definition) is 2. The van der Waals surface area contributed by atoms with Crippen LogP contribution in [0.25, 0.3) is 0 Å². The van der Waals surface area contributed by atoms with Gasteiger partial charge in [0, 0.05) is 34.5 Å². The molecular weight excluding hydrogens is 308 g/mol. The zero-order valence-electron chi connectivity index (χ0n) is 10.6. The average molecular weight is 328 g/mol. The summed E-state index contributed by atoms with van der Waals surface area (Å²) in [6.45, 7) is 0.374. The number of rotatable bonds is 14. The highest BCUT2D eigenvalue weighted by atomic mass is 32.2. The Hall–Kier alpha value is 0.170. The van der Waals surface area contributed by atoms with Gasteiger partial charge in [-0.2, -0.15) is 45.1 Å². The molecule has 0 aliphatic heterocycles. The van der Waals surface area contributed by atoms with Crippen LogP contribution in [0.1, 0.15) is 0 Å². The van der Waals surface area contributed by atoms with Crippen LogP contribution in [0.2, 0.25) is 0 Å². The fourth-order valence-corrected chi connectivity index (χ4v) is 3.88. The van der Waals surface area contributed by atoms with E-state index in [1.807, 2.05) is 0 Å². The Morgan fingerprint density at radius 3 is 2.21 bits per heavy atom. The molecule has 0 bridgehead atoms. The molecule has 0 aliphatic rings. The Kier molecular flexibility index (Phi) is 14.7. The number of aliphatic hydroxyl groups excluding tert-OH is 2. The van der Waals surface area contributed by atoms with E-state index < -0.39 is 6.10 Å². The van der Waals surface area contributed by atoms with Crippen molar-refractivity contribution in [2.75, 3.05) is 47.7 Å². The van der Waals surface area contributed by atoms with Gasteiger partial charge in [-0.1, -0.05) is 10.4 Å². The maximum atomic E-state index is 10.6. The van der Waals surface area contributed by atoms with Crippen molar-refractivity contribution in [1.29, 1.82) is 0 Å². The minimum atomic E-state index is -0.445. The first kappa shape index (κ1) is 19.2. The van der Waals surface area contributed by atoms with Crippen LogP contribution in [-0.4, -0.2) is 70.0 Å². The van der Waals surface area contributed by atoms with Crippen LogP contribution in [0.3, 0.4) is 0 Å². The Bertz CT molecular complexity index is 237. The van der Waals surface area contributed by atoms with Gasteiger partial charge in [-0.05, 0) is 0 Å². The second-order valence-electron chi connectivity index (χ2n) is 3.68. The summed E-state index contributed by atoms with van der Waals surface area (Å²) < 4.78 is 0. The van der Waals surface area contributed by atoms with E-state index in [2.05, 4.69) is 10.4 Å². The summed E-state index contributed by atoms with van der Waals surface area (Å²) in [6.07, 6.45) is -0.445. The second kappa shape index (κ2) is 14.6. The third kappa shape index (κ3) is 12.9. The van der Waals surface area contributed by atoms with Gasteiger partial charge in [0.15, 0.2) is 0 Å². The van der Waals surface area contributed by atoms with Crippen molar-refractivity contribution in [2.45, 2.75) is 12.1 Å². The molecule has 0 amide bonds. The monoisotopic (exact) mass is 328 g/mol. The van der Waals surface area contributed by atoms with E-state index in [9.17, 15) is 14.9 Å². The quantitative estimate of drug-likeness (QED) is 0.367. The van der Waals surface area contributed by atoms with Gasteiger partial charge in [-0.3, -0.25) is 0 Å². The first-order valence-electron chi connectivity index (χ1n) is 5.88. The van der Waals surface area contributed by atoms with Gasteiger partial charge in [-0.15, -0.1) is 0 Å². The van der Waals surface area contributed by atoms with Crippen LogP contribution in [0.5, 0.6) is 0 Å². The molecule has 2 N–H and O–H groups in total. The van der Waals surface area contributed by atoms with Gasteiger partial charge >= 0.3 is 0 Å². The molecule has 0 saturated carbocycles. The summed E-state index contributed by atoms with van der Waals surface area (Å²) in [5, 5.41) is 24.1. The highest BCUT2D eigenvalue weighted by Gasteiger charge is 2.11. The van der Waals surface area contributed by atoms with Crippen molar-refractivity contribution >= 4 is 35.3 Å². The summed E-state index contributed by atoms with van der Waals surface area (Å²) in [5.41, 5.74) is 0. The van der Waals surface area contributed by atoms with Crippen molar-refractivity contribution in [2.24, 2.45) is 10.4 Å². The molecule has 0 spiro atoms. The van der Waals surface area contributed by atoms with Gasteiger partial charge in [0.1, 0.15) is 6.04 Å². The lowest BCUT2D eigenvalue weighted by atomic mass is 10.4. The van der Waals surface area contributed by atoms with Crippen molar-refractivity contribution in [3.8, 4) is 0 Å². The van der Waals surface area contributed by atoms with Crippen LogP contribution < -0.4 is 0 Å². The van der Waals surface area contributed by atoms with Crippen LogP contribution in [-0.2, 0) is 0 Å². The highest BCUT2D eigenvalue weighted by molar-refractivity contribution is 8.00. The molecular formula is C10H20N2O4S3. The highest BCUT2D eigenvalue weighted by Crippen LogP contribution is 2.14. The van der Waals surface area contributed by atoms with Crippen molar-refractivity contribution in [1.82, 2.24) is 0 Å². The molecule has 0 rings (SSSR count). The van der Waals surface area contributed by atoms with Crippen LogP contribution in [0.15, 0.2) is 10.4 Å². The number of nitroso groups, excluding NO2 is 2. The molecule has 0 radical (unpaired) electrons. The Balaban J connectivity index is 3.51. The Morgan fingerprint density at radius 1 is 0.947 bits per heavy atom. The molecule has 0 heterocycles. The van der Waals surface area contributed by atoms with Crippen LogP contribution in [0, 0.1) is 9.81 Å². The van der Waals surface area contributed by atoms with E-state index in [-0.39, 0.29) is 19.2 Å². The van der Waals surface area contributed by atoms with E-state index in [1.54, 1.807) is 0 Å². The van der Waals surface area contributed by atoms with Crippen molar-refractivity contribution in [3.05, 3.63) is 9.81 Å². The number of aliphatic hydroxyl groups is 2. The van der Waals surface area contributed by atoms with Crippen LogP contribution in [0.4, 0.5) is 0 Å². The molecule has 0 saturated heterocycles. The molecule has 9 heteroatoms. The smallest absolute Gasteiger partial charge is 0.110 e. The van der Waals surface area contributed by atoms with E-state index >= 15 is 0 Å². The number of hydrogen-bond acceptors (Lipinski definition) is 9. The van der Waals surface area contributed by atoms with Gasteiger partial charge < -0.3 is 10.2 Å². The summed E-state index contributed by atoms with van der Waals surface area (Å²) in [7, 11) is 0. The normalized spacial score (nSPS) is 14.0. The minimum Gasteiger partial charge on any atom is -0.396 e. The van der Waals surface area contributed by atoms with E-state index in [1.165, 1.54) is 35.3 Å². The van der Waals surface area contributed by atoms with Crippen molar-refractivity contribution in [3.63, 3.8) is 0 Å². The van der Waals surface area contributed by atoms with Crippen molar-refractivity contribution < 1.29 is 10.2 Å². The third-order valence-electron chi connectivity index (χ3n) is 1.95. The van der Waals surface area contributed by atoms with Gasteiger partial charge in [0.25, 0.3) is 0 Å². The third-order valence-corrected chi connectivity index (χ3v) is 5.38. The average Bonchev–Trinajstić information content (AvgIpc) is 2.42. The maximum Gasteiger partial charge on any atom is 0.110 e. The fourth-order valence-electron chi connectivity index (χ4n) is 1.10. The van der Waals surface area contributed by atoms with E-state index in [4.69, 9.17) is 5.11 Å². The summed E-state index contributed by atoms with van der Waals surface area (Å²) >= 11 is 4.49. The molecule has 2 unspecified atom stereocenters. The largest absolute Gasteiger partial charge is 0.396 e. The topological polar surface area (TPSA) is 99.3 Å². The lowest BCUT2D eigenvalue weighted by Gasteiger charge is -2.11. The predicted octanol–water partition coefficient (Wildman–Crippen LogP) is 1.44. The molecule has 0 aromatic heterocycles. The number of nitrogens with zero attached hydrogens (tertiary/aromatic N) is 2. The first-order chi connectivity index (χ1) is 9.24. The maximum absolute atomic E-state index is 10.6. The molecule has 19 heavy (non-hydrogen) atoms. The minimum absolute atomic E-state index is 0.106. The summed E-state index contributed by atoms with van der Waals surface area (Å²) in [5.74, 6) is 3.55. The van der Waals surface area contributed by atoms with Crippen LogP contribution >= 0.6 is 35.3 Å². The Labute approximate surface area is 125 Å². The van der Waals surface area contributed by atoms with Gasteiger partial charge in [0.2, 0.25) is 0 Å². The molecule has 0 aromatic rings. The SMILES string of the molecule is O=NCCSCC(O)CSCC(CSCCO)N=O.